The second-order valence-corrected chi connectivity index (χ2v) is 4.49. The molecule has 1 aliphatic heterocycles. The van der Waals surface area contributed by atoms with Gasteiger partial charge in [-0.05, 0) is 38.1 Å². The summed E-state index contributed by atoms with van der Waals surface area (Å²) in [5.41, 5.74) is 3.77. The Balaban J connectivity index is 1.83. The normalized spacial score (nSPS) is 15.6. The van der Waals surface area contributed by atoms with Crippen molar-refractivity contribution in [1.29, 1.82) is 0 Å². The van der Waals surface area contributed by atoms with E-state index in [1.54, 1.807) is 12.1 Å². The van der Waals surface area contributed by atoms with Gasteiger partial charge in [0.05, 0.1) is 11.3 Å². The maximum Gasteiger partial charge on any atom is 0.253 e. The van der Waals surface area contributed by atoms with Gasteiger partial charge in [0.25, 0.3) is 5.91 Å². The van der Waals surface area contributed by atoms with Gasteiger partial charge in [-0.2, -0.15) is 0 Å². The van der Waals surface area contributed by atoms with E-state index in [1.807, 2.05) is 12.1 Å². The van der Waals surface area contributed by atoms with Gasteiger partial charge in [0.2, 0.25) is 0 Å². The first-order chi connectivity index (χ1) is 8.81. The Hall–Kier alpha value is -1.59. The fraction of sp³-hybridized carbons (Fsp3) is 0.462. The van der Waals surface area contributed by atoms with E-state index >= 15 is 0 Å². The van der Waals surface area contributed by atoms with Gasteiger partial charge in [0.15, 0.2) is 0 Å². The highest BCUT2D eigenvalue weighted by molar-refractivity contribution is 5.99. The molecule has 1 amide bonds. The zero-order chi connectivity index (χ0) is 12.8. The lowest BCUT2D eigenvalue weighted by molar-refractivity contribution is 0.0950. The maximum atomic E-state index is 12.0. The van der Waals surface area contributed by atoms with Crippen LogP contribution >= 0.6 is 0 Å². The first-order valence-corrected chi connectivity index (χ1v) is 6.37. The molecule has 0 radical (unpaired) electrons. The molecule has 4 N–H and O–H groups in total. The van der Waals surface area contributed by atoms with Crippen molar-refractivity contribution in [1.82, 2.24) is 10.2 Å². The van der Waals surface area contributed by atoms with Crippen LogP contribution in [0.4, 0.5) is 5.69 Å². The third-order valence-corrected chi connectivity index (χ3v) is 3.24. The first-order valence-electron chi connectivity index (χ1n) is 6.37. The topological polar surface area (TPSA) is 70.4 Å². The van der Waals surface area contributed by atoms with E-state index in [2.05, 4.69) is 15.6 Å². The lowest BCUT2D eigenvalue weighted by Gasteiger charge is -2.15. The van der Waals surface area contributed by atoms with Crippen LogP contribution in [0.25, 0.3) is 0 Å². The molecule has 98 valence electrons. The molecule has 18 heavy (non-hydrogen) atoms. The number of carbonyl (C=O) groups is 1. The number of likely N-dealkylation sites (tertiary alicyclic amines) is 1. The van der Waals surface area contributed by atoms with Crippen LogP contribution in [-0.4, -0.2) is 37.0 Å². The van der Waals surface area contributed by atoms with E-state index in [4.69, 9.17) is 5.84 Å². The van der Waals surface area contributed by atoms with E-state index in [-0.39, 0.29) is 5.91 Å². The summed E-state index contributed by atoms with van der Waals surface area (Å²) in [4.78, 5) is 14.3. The maximum absolute atomic E-state index is 12.0. The molecule has 0 bridgehead atoms. The van der Waals surface area contributed by atoms with Crippen LogP contribution in [0.2, 0.25) is 0 Å². The minimum absolute atomic E-state index is 0.0808. The molecule has 2 rings (SSSR count). The molecule has 0 atom stereocenters. The largest absolute Gasteiger partial charge is 0.351 e. The number of nitrogens with zero attached hydrogens (tertiary/aromatic N) is 1. The van der Waals surface area contributed by atoms with Gasteiger partial charge < -0.3 is 15.6 Å². The summed E-state index contributed by atoms with van der Waals surface area (Å²) in [6.07, 6.45) is 2.54. The molecule has 1 heterocycles. The van der Waals surface area contributed by atoms with Crippen molar-refractivity contribution in [3.63, 3.8) is 0 Å². The minimum atomic E-state index is -0.0808. The summed E-state index contributed by atoms with van der Waals surface area (Å²) in [5.74, 6) is 5.30. The summed E-state index contributed by atoms with van der Waals surface area (Å²) in [5, 5.41) is 2.92. The number of hydrogen-bond acceptors (Lipinski definition) is 4. The molecule has 0 aliphatic carbocycles. The fourth-order valence-electron chi connectivity index (χ4n) is 2.24. The quantitative estimate of drug-likeness (QED) is 0.532. The number of anilines is 1. The van der Waals surface area contributed by atoms with Crippen LogP contribution < -0.4 is 16.6 Å². The predicted octanol–water partition coefficient (Wildman–Crippen LogP) is 0.798. The fourth-order valence-corrected chi connectivity index (χ4v) is 2.24. The van der Waals surface area contributed by atoms with E-state index in [0.29, 0.717) is 17.8 Å². The monoisotopic (exact) mass is 248 g/mol. The smallest absolute Gasteiger partial charge is 0.253 e. The van der Waals surface area contributed by atoms with Crippen molar-refractivity contribution in [2.24, 2.45) is 5.84 Å². The Morgan fingerprint density at radius 1 is 1.28 bits per heavy atom. The number of hydrazine groups is 1. The molecule has 1 aliphatic rings. The third-order valence-electron chi connectivity index (χ3n) is 3.24. The van der Waals surface area contributed by atoms with E-state index < -0.39 is 0 Å². The van der Waals surface area contributed by atoms with Crippen molar-refractivity contribution in [3.05, 3.63) is 29.8 Å². The molecular formula is C13H20N4O. The Kier molecular flexibility index (Phi) is 4.55. The van der Waals surface area contributed by atoms with Gasteiger partial charge in [-0.25, -0.2) is 0 Å². The van der Waals surface area contributed by atoms with Crippen molar-refractivity contribution in [2.75, 3.05) is 31.6 Å². The Morgan fingerprint density at radius 3 is 2.72 bits per heavy atom. The van der Waals surface area contributed by atoms with Gasteiger partial charge >= 0.3 is 0 Å². The summed E-state index contributed by atoms with van der Waals surface area (Å²) in [6, 6.07) is 7.22. The van der Waals surface area contributed by atoms with Crippen molar-refractivity contribution >= 4 is 11.6 Å². The van der Waals surface area contributed by atoms with Crippen molar-refractivity contribution < 1.29 is 4.79 Å². The highest BCUT2D eigenvalue weighted by atomic mass is 16.1. The Bertz CT molecular complexity index is 402. The van der Waals surface area contributed by atoms with E-state index in [0.717, 1.165) is 19.6 Å². The predicted molar refractivity (Wildman–Crippen MR) is 72.3 cm³/mol. The van der Waals surface area contributed by atoms with Crippen LogP contribution in [0, 0.1) is 0 Å². The van der Waals surface area contributed by atoms with Gasteiger partial charge in [-0.1, -0.05) is 12.1 Å². The minimum Gasteiger partial charge on any atom is -0.351 e. The number of hydrogen-bond donors (Lipinski definition) is 3. The third kappa shape index (κ3) is 3.21. The summed E-state index contributed by atoms with van der Waals surface area (Å²) in [6.45, 7) is 3.90. The summed E-state index contributed by atoms with van der Waals surface area (Å²) >= 11 is 0. The molecule has 1 aromatic rings. The molecule has 0 unspecified atom stereocenters. The van der Waals surface area contributed by atoms with Crippen LogP contribution in [0.3, 0.4) is 0 Å². The number of nitrogens with one attached hydrogen (secondary N) is 2. The lowest BCUT2D eigenvalue weighted by atomic mass is 10.1. The average Bonchev–Trinajstić information content (AvgIpc) is 2.91. The molecule has 1 aromatic carbocycles. The molecule has 5 nitrogen and oxygen atoms in total. The van der Waals surface area contributed by atoms with Crippen molar-refractivity contribution in [2.45, 2.75) is 12.8 Å². The van der Waals surface area contributed by atoms with Gasteiger partial charge in [0, 0.05) is 13.1 Å². The molecule has 5 heteroatoms. The van der Waals surface area contributed by atoms with Crippen LogP contribution in [0.5, 0.6) is 0 Å². The van der Waals surface area contributed by atoms with Crippen LogP contribution in [0.15, 0.2) is 24.3 Å². The van der Waals surface area contributed by atoms with Gasteiger partial charge in [-0.15, -0.1) is 0 Å². The lowest BCUT2D eigenvalue weighted by Crippen LogP contribution is -2.33. The van der Waals surface area contributed by atoms with Crippen LogP contribution in [0.1, 0.15) is 23.2 Å². The van der Waals surface area contributed by atoms with Gasteiger partial charge in [-0.3, -0.25) is 10.6 Å². The van der Waals surface area contributed by atoms with E-state index in [9.17, 15) is 4.79 Å². The molecule has 0 aromatic heterocycles. The molecule has 1 fully saturated rings. The molecule has 0 spiro atoms. The highest BCUT2D eigenvalue weighted by Gasteiger charge is 2.13. The zero-order valence-corrected chi connectivity index (χ0v) is 10.5. The zero-order valence-electron chi connectivity index (χ0n) is 10.5. The standard InChI is InChI=1S/C13H20N4O/c14-16-12-6-2-1-5-11(12)13(18)15-7-10-17-8-3-4-9-17/h1-2,5-6,16H,3-4,7-10,14H2,(H,15,18). The number of amides is 1. The summed E-state index contributed by atoms with van der Waals surface area (Å²) < 4.78 is 0. The second kappa shape index (κ2) is 6.37. The summed E-state index contributed by atoms with van der Waals surface area (Å²) in [7, 11) is 0. The Morgan fingerprint density at radius 2 is 2.00 bits per heavy atom. The Labute approximate surface area is 107 Å². The molecule has 0 saturated carbocycles. The number of carbonyl (C=O) groups excluding carboxylic acids is 1. The first kappa shape index (κ1) is 12.9. The SMILES string of the molecule is NNc1ccccc1C(=O)NCCN1CCCC1. The number of nitrogen functional groups attached to an aromatic ring is 1. The highest BCUT2D eigenvalue weighted by Crippen LogP contribution is 2.13. The average molecular weight is 248 g/mol. The van der Waals surface area contributed by atoms with E-state index in [1.165, 1.54) is 12.8 Å². The number of benzene rings is 1. The molecular weight excluding hydrogens is 228 g/mol. The number of nitrogens with two attached hydrogens (primary N) is 1. The van der Waals surface area contributed by atoms with Crippen LogP contribution in [-0.2, 0) is 0 Å². The number of para-hydroxylation sites is 1. The second-order valence-electron chi connectivity index (χ2n) is 4.49. The van der Waals surface area contributed by atoms with Crippen molar-refractivity contribution in [3.8, 4) is 0 Å². The van der Waals surface area contributed by atoms with Gasteiger partial charge in [0.1, 0.15) is 0 Å². The molecule has 1 saturated heterocycles. The number of rotatable bonds is 5.